The van der Waals surface area contributed by atoms with Crippen molar-refractivity contribution in [3.8, 4) is 0 Å². The summed E-state index contributed by atoms with van der Waals surface area (Å²) in [6.07, 6.45) is 4.51. The number of nitrogens with zero attached hydrogens (tertiary/aromatic N) is 2. The Morgan fingerprint density at radius 2 is 1.80 bits per heavy atom. The molecule has 0 bridgehead atoms. The van der Waals surface area contributed by atoms with E-state index in [9.17, 15) is 0 Å². The van der Waals surface area contributed by atoms with Gasteiger partial charge < -0.3 is 4.90 Å². The monoisotopic (exact) mass is 199 g/mol. The van der Waals surface area contributed by atoms with Crippen molar-refractivity contribution in [3.05, 3.63) is 36.5 Å². The van der Waals surface area contributed by atoms with Gasteiger partial charge in [0.1, 0.15) is 5.82 Å². The van der Waals surface area contributed by atoms with Crippen LogP contribution < -0.4 is 4.90 Å². The predicted molar refractivity (Wildman–Crippen MR) is 63.2 cm³/mol. The van der Waals surface area contributed by atoms with E-state index in [-0.39, 0.29) is 0 Å². The van der Waals surface area contributed by atoms with Crippen LogP contribution in [0.5, 0.6) is 0 Å². The lowest BCUT2D eigenvalue weighted by Gasteiger charge is -2.18. The van der Waals surface area contributed by atoms with E-state index in [1.54, 1.807) is 0 Å². The van der Waals surface area contributed by atoms with Gasteiger partial charge in [-0.05, 0) is 24.3 Å². The molecule has 0 spiro atoms. The smallest absolute Gasteiger partial charge is 0.136 e. The molecule has 2 aromatic rings. The Labute approximate surface area is 89.5 Å². The molecule has 0 N–H and O–H groups in total. The van der Waals surface area contributed by atoms with Crippen molar-refractivity contribution in [2.75, 3.05) is 18.0 Å². The maximum absolute atomic E-state index is 4.51. The number of hydrogen-bond donors (Lipinski definition) is 0. The lowest BCUT2D eigenvalue weighted by atomic mass is 10.2. The molecule has 1 aromatic heterocycles. The normalized spacial score (nSPS) is 16.1. The predicted octanol–water partition coefficient (Wildman–Crippen LogP) is 2.84. The van der Waals surface area contributed by atoms with Crippen LogP contribution in [0, 0.1) is 0 Å². The standard InChI is InChI=1S/C13H14N2/c1-2-6-12-11(5-1)7-8-14-13(12)15-9-3-4-10-15/h1-2,5-8H,3-4,9-10H2/i13+1. The van der Waals surface area contributed by atoms with Crippen molar-refractivity contribution in [1.29, 1.82) is 0 Å². The first kappa shape index (κ1) is 8.72. The van der Waals surface area contributed by atoms with Crippen LogP contribution in [0.25, 0.3) is 10.8 Å². The van der Waals surface area contributed by atoms with E-state index in [1.807, 2.05) is 6.20 Å². The Balaban J connectivity index is 2.16. The second-order valence-electron chi connectivity index (χ2n) is 4.05. The zero-order valence-corrected chi connectivity index (χ0v) is 8.69. The molecule has 0 radical (unpaired) electrons. The molecule has 1 saturated heterocycles. The highest BCUT2D eigenvalue weighted by atomic mass is 15.4. The van der Waals surface area contributed by atoms with Crippen LogP contribution in [-0.2, 0) is 0 Å². The molecule has 0 atom stereocenters. The van der Waals surface area contributed by atoms with Gasteiger partial charge in [-0.1, -0.05) is 24.3 Å². The summed E-state index contributed by atoms with van der Waals surface area (Å²) in [7, 11) is 0. The largest absolute Gasteiger partial charge is 0.356 e. The molecule has 2 nitrogen and oxygen atoms in total. The van der Waals surface area contributed by atoms with Gasteiger partial charge in [-0.2, -0.15) is 0 Å². The molecule has 15 heavy (non-hydrogen) atoms. The summed E-state index contributed by atoms with van der Waals surface area (Å²) in [4.78, 5) is 6.91. The van der Waals surface area contributed by atoms with Gasteiger partial charge in [0.05, 0.1) is 0 Å². The fourth-order valence-corrected chi connectivity index (χ4v) is 2.28. The molecule has 1 aliphatic heterocycles. The average molecular weight is 199 g/mol. The summed E-state index contributed by atoms with van der Waals surface area (Å²) in [5, 5.41) is 2.57. The molecule has 1 aliphatic rings. The zero-order chi connectivity index (χ0) is 10.1. The van der Waals surface area contributed by atoms with E-state index >= 15 is 0 Å². The first-order valence-electron chi connectivity index (χ1n) is 5.54. The molecule has 0 amide bonds. The van der Waals surface area contributed by atoms with Crippen molar-refractivity contribution in [1.82, 2.24) is 4.98 Å². The summed E-state index contributed by atoms with van der Waals surface area (Å²) >= 11 is 0. The van der Waals surface area contributed by atoms with Crippen LogP contribution in [0.3, 0.4) is 0 Å². The molecule has 0 saturated carbocycles. The first-order chi connectivity index (χ1) is 7.45. The quantitative estimate of drug-likeness (QED) is 0.702. The fourth-order valence-electron chi connectivity index (χ4n) is 2.28. The molecule has 1 aromatic carbocycles. The van der Waals surface area contributed by atoms with Gasteiger partial charge in [0.25, 0.3) is 0 Å². The van der Waals surface area contributed by atoms with Gasteiger partial charge in [0.15, 0.2) is 0 Å². The lowest BCUT2D eigenvalue weighted by molar-refractivity contribution is 0.946. The van der Waals surface area contributed by atoms with Gasteiger partial charge in [-0.25, -0.2) is 4.98 Å². The number of anilines is 1. The van der Waals surface area contributed by atoms with Gasteiger partial charge in [-0.3, -0.25) is 0 Å². The van der Waals surface area contributed by atoms with E-state index in [1.165, 1.54) is 23.6 Å². The lowest BCUT2D eigenvalue weighted by Crippen LogP contribution is -2.19. The number of pyridine rings is 1. The van der Waals surface area contributed by atoms with Gasteiger partial charge in [0.2, 0.25) is 0 Å². The molecule has 0 unspecified atom stereocenters. The van der Waals surface area contributed by atoms with Crippen molar-refractivity contribution in [2.45, 2.75) is 12.8 Å². The summed E-state index contributed by atoms with van der Waals surface area (Å²) in [5.74, 6) is 1.16. The number of hydrogen-bond acceptors (Lipinski definition) is 2. The molecular formula is C13H14N2. The first-order valence-corrected chi connectivity index (χ1v) is 5.54. The maximum atomic E-state index is 4.51. The summed E-state index contributed by atoms with van der Waals surface area (Å²) in [6.45, 7) is 2.31. The van der Waals surface area contributed by atoms with Crippen LogP contribution in [0.2, 0.25) is 0 Å². The molecule has 1 fully saturated rings. The Hall–Kier alpha value is -1.57. The van der Waals surface area contributed by atoms with Crippen molar-refractivity contribution in [3.63, 3.8) is 0 Å². The van der Waals surface area contributed by atoms with Crippen LogP contribution >= 0.6 is 0 Å². The zero-order valence-electron chi connectivity index (χ0n) is 8.69. The summed E-state index contributed by atoms with van der Waals surface area (Å²) in [6, 6.07) is 10.6. The fraction of sp³-hybridized carbons (Fsp3) is 0.308. The molecule has 0 aliphatic carbocycles. The van der Waals surface area contributed by atoms with Crippen LogP contribution in [0.4, 0.5) is 5.82 Å². The van der Waals surface area contributed by atoms with Gasteiger partial charge in [0, 0.05) is 24.7 Å². The third-order valence-electron chi connectivity index (χ3n) is 3.06. The topological polar surface area (TPSA) is 16.1 Å². The Bertz CT molecular complexity index is 467. The van der Waals surface area contributed by atoms with Crippen molar-refractivity contribution in [2.24, 2.45) is 0 Å². The molecule has 2 heterocycles. The highest BCUT2D eigenvalue weighted by Crippen LogP contribution is 2.26. The third kappa shape index (κ3) is 1.46. The second-order valence-corrected chi connectivity index (χ2v) is 4.05. The van der Waals surface area contributed by atoms with Crippen molar-refractivity contribution >= 4 is 16.6 Å². The van der Waals surface area contributed by atoms with E-state index in [4.69, 9.17) is 0 Å². The summed E-state index contributed by atoms with van der Waals surface area (Å²) < 4.78 is 0. The number of aromatic nitrogens is 1. The highest BCUT2D eigenvalue weighted by molar-refractivity contribution is 5.92. The minimum atomic E-state index is 1.15. The average Bonchev–Trinajstić information content (AvgIpc) is 2.82. The van der Waals surface area contributed by atoms with E-state index in [0.29, 0.717) is 0 Å². The van der Waals surface area contributed by atoms with Gasteiger partial charge >= 0.3 is 0 Å². The molecule has 3 rings (SSSR count). The maximum Gasteiger partial charge on any atom is 0.136 e. The van der Waals surface area contributed by atoms with Crippen LogP contribution in [0.1, 0.15) is 12.8 Å². The van der Waals surface area contributed by atoms with Crippen LogP contribution in [-0.4, -0.2) is 18.1 Å². The molecule has 2 heteroatoms. The molecule has 76 valence electrons. The Kier molecular flexibility index (Phi) is 2.05. The van der Waals surface area contributed by atoms with Gasteiger partial charge in [-0.15, -0.1) is 0 Å². The number of benzene rings is 1. The van der Waals surface area contributed by atoms with Crippen LogP contribution in [0.15, 0.2) is 36.5 Å². The second kappa shape index (κ2) is 3.54. The Morgan fingerprint density at radius 1 is 1.00 bits per heavy atom. The minimum absolute atomic E-state index is 1.15. The number of fused-ring (bicyclic) bond motifs is 1. The van der Waals surface area contributed by atoms with E-state index in [0.717, 1.165) is 18.9 Å². The SMILES string of the molecule is c1ccc2c(c1)ccn[13c]2N1CCCC1. The summed E-state index contributed by atoms with van der Waals surface area (Å²) in [5.41, 5.74) is 0. The highest BCUT2D eigenvalue weighted by Gasteiger charge is 2.15. The Morgan fingerprint density at radius 3 is 2.67 bits per heavy atom. The van der Waals surface area contributed by atoms with E-state index < -0.39 is 0 Å². The minimum Gasteiger partial charge on any atom is -0.356 e. The number of rotatable bonds is 1. The molecular weight excluding hydrogens is 185 g/mol. The third-order valence-corrected chi connectivity index (χ3v) is 3.06. The van der Waals surface area contributed by atoms with Crippen molar-refractivity contribution < 1.29 is 0 Å². The van der Waals surface area contributed by atoms with E-state index in [2.05, 4.69) is 40.2 Å².